The summed E-state index contributed by atoms with van der Waals surface area (Å²) in [4.78, 5) is 25.6. The molecule has 0 fully saturated rings. The largest absolute Gasteiger partial charge is 0.508 e. The van der Waals surface area contributed by atoms with Crippen molar-refractivity contribution in [1.29, 1.82) is 5.26 Å². The molecule has 1 unspecified atom stereocenters. The van der Waals surface area contributed by atoms with Crippen molar-refractivity contribution < 1.29 is 15.0 Å². The van der Waals surface area contributed by atoms with E-state index < -0.39 is 6.04 Å². The molecule has 0 spiro atoms. The first-order chi connectivity index (χ1) is 23.3. The fourth-order valence-corrected chi connectivity index (χ4v) is 5.80. The molecule has 7 nitrogen and oxygen atoms in total. The van der Waals surface area contributed by atoms with Crippen LogP contribution < -0.4 is 5.56 Å². The molecule has 240 valence electrons. The summed E-state index contributed by atoms with van der Waals surface area (Å²) in [5.41, 5.74) is 7.88. The van der Waals surface area contributed by atoms with Crippen molar-refractivity contribution in [3.63, 3.8) is 0 Å². The number of hydrogen-bond acceptors (Lipinski definition) is 6. The zero-order chi connectivity index (χ0) is 34.0. The number of aryl methyl sites for hydroxylation is 1. The summed E-state index contributed by atoms with van der Waals surface area (Å²) in [5.74, 6) is 0.280. The number of pyridine rings is 1. The summed E-state index contributed by atoms with van der Waals surface area (Å²) in [6.07, 6.45) is 3.26. The van der Waals surface area contributed by atoms with E-state index in [1.165, 1.54) is 6.07 Å². The Morgan fingerprint density at radius 1 is 0.833 bits per heavy atom. The maximum Gasteiger partial charge on any atom is 0.254 e. The topological polar surface area (TPSA) is 107 Å². The molecule has 0 amide bonds. The second-order valence-electron chi connectivity index (χ2n) is 11.7. The highest BCUT2D eigenvalue weighted by Crippen LogP contribution is 2.30. The number of aldehydes is 1. The quantitative estimate of drug-likeness (QED) is 0.170. The molecule has 48 heavy (non-hydrogen) atoms. The molecule has 1 aromatic heterocycles. The van der Waals surface area contributed by atoms with Gasteiger partial charge < -0.3 is 24.5 Å². The van der Waals surface area contributed by atoms with E-state index in [9.17, 15) is 25.1 Å². The van der Waals surface area contributed by atoms with Gasteiger partial charge in [-0.2, -0.15) is 5.26 Å². The highest BCUT2D eigenvalue weighted by Gasteiger charge is 2.25. The molecule has 0 saturated carbocycles. The van der Waals surface area contributed by atoms with Gasteiger partial charge in [-0.1, -0.05) is 103 Å². The third-order valence-corrected chi connectivity index (χ3v) is 8.36. The van der Waals surface area contributed by atoms with Gasteiger partial charge in [0, 0.05) is 24.0 Å². The number of allylic oxidation sites excluding steroid dienone is 2. The van der Waals surface area contributed by atoms with Gasteiger partial charge in [0.25, 0.3) is 5.56 Å². The van der Waals surface area contributed by atoms with Crippen LogP contribution in [0.1, 0.15) is 40.9 Å². The second kappa shape index (κ2) is 15.4. The highest BCUT2D eigenvalue weighted by molar-refractivity contribution is 5.70. The number of hydrogen-bond donors (Lipinski definition) is 2. The summed E-state index contributed by atoms with van der Waals surface area (Å²) in [6.45, 7) is 4.73. The number of carbonyl (C=O) groups is 1. The number of aliphatic hydroxyl groups excluding tert-OH is 1. The van der Waals surface area contributed by atoms with Gasteiger partial charge >= 0.3 is 0 Å². The molecule has 7 heteroatoms. The Morgan fingerprint density at radius 2 is 1.48 bits per heavy atom. The van der Waals surface area contributed by atoms with Gasteiger partial charge in [-0.05, 0) is 71.9 Å². The summed E-state index contributed by atoms with van der Waals surface area (Å²) < 4.78 is 1.63. The minimum atomic E-state index is -0.402. The average Bonchev–Trinajstić information content (AvgIpc) is 3.10. The molecule has 1 aliphatic heterocycles. The summed E-state index contributed by atoms with van der Waals surface area (Å²) in [5, 5.41) is 29.2. The standard InChI is InChI=1S/C28H24N2O2.C13H13NO2/c1-20-15-28(32)25(18-30(20)27(19-31)23-7-3-2-4-8-23)16-21-11-13-22(14-12-21)26-10-6-5-9-24(26)17-29;1-10-7-12(15)8-13(16)14(10)9-11-5-3-2-4-6-11/h2-15,19,27,32H,16,18H2,1H3;2-8,15H,9H2,1H3. The Kier molecular flexibility index (Phi) is 10.7. The Bertz CT molecular complexity index is 2040. The Labute approximate surface area is 280 Å². The second-order valence-corrected chi connectivity index (χ2v) is 11.7. The van der Waals surface area contributed by atoms with Crippen LogP contribution in [0, 0.1) is 18.3 Å². The Morgan fingerprint density at radius 3 is 2.12 bits per heavy atom. The van der Waals surface area contributed by atoms with Crippen LogP contribution in [0.15, 0.2) is 149 Å². The predicted molar refractivity (Wildman–Crippen MR) is 188 cm³/mol. The fraction of sp³-hybridized carbons (Fsp3) is 0.146. The maximum atomic E-state index is 12.0. The summed E-state index contributed by atoms with van der Waals surface area (Å²) >= 11 is 0. The van der Waals surface area contributed by atoms with Crippen molar-refractivity contribution in [2.45, 2.75) is 32.9 Å². The van der Waals surface area contributed by atoms with Crippen molar-refractivity contribution in [1.82, 2.24) is 9.47 Å². The molecule has 2 heterocycles. The van der Waals surface area contributed by atoms with E-state index in [-0.39, 0.29) is 17.1 Å². The molecular weight excluding hydrogens is 598 g/mol. The van der Waals surface area contributed by atoms with Crippen LogP contribution in [0.3, 0.4) is 0 Å². The highest BCUT2D eigenvalue weighted by atomic mass is 16.3. The molecule has 0 aliphatic carbocycles. The number of benzene rings is 4. The third-order valence-electron chi connectivity index (χ3n) is 8.36. The van der Waals surface area contributed by atoms with E-state index in [4.69, 9.17) is 0 Å². The van der Waals surface area contributed by atoms with Crippen LogP contribution >= 0.6 is 0 Å². The lowest BCUT2D eigenvalue weighted by molar-refractivity contribution is -0.112. The zero-order valence-corrected chi connectivity index (χ0v) is 27.0. The van der Waals surface area contributed by atoms with Crippen LogP contribution in [0.2, 0.25) is 0 Å². The van der Waals surface area contributed by atoms with Gasteiger partial charge in [0.1, 0.15) is 23.8 Å². The summed E-state index contributed by atoms with van der Waals surface area (Å²) in [7, 11) is 0. The molecule has 0 radical (unpaired) electrons. The summed E-state index contributed by atoms with van der Waals surface area (Å²) in [6, 6.07) is 39.7. The molecule has 5 aromatic rings. The van der Waals surface area contributed by atoms with Gasteiger partial charge in [0.15, 0.2) is 0 Å². The lowest BCUT2D eigenvalue weighted by Gasteiger charge is -2.35. The van der Waals surface area contributed by atoms with E-state index >= 15 is 0 Å². The van der Waals surface area contributed by atoms with E-state index in [2.05, 4.69) is 6.07 Å². The lowest BCUT2D eigenvalue weighted by Crippen LogP contribution is -2.33. The minimum absolute atomic E-state index is 0.0202. The molecule has 1 atom stereocenters. The van der Waals surface area contributed by atoms with Crippen molar-refractivity contribution in [2.75, 3.05) is 6.54 Å². The van der Waals surface area contributed by atoms with Gasteiger partial charge in [0.05, 0.1) is 18.2 Å². The normalized spacial score (nSPS) is 13.1. The number of aliphatic hydroxyl groups is 1. The minimum Gasteiger partial charge on any atom is -0.508 e. The number of carbonyl (C=O) groups excluding carboxylic acids is 1. The maximum absolute atomic E-state index is 12.0. The monoisotopic (exact) mass is 635 g/mol. The fourth-order valence-electron chi connectivity index (χ4n) is 5.80. The first-order valence-electron chi connectivity index (χ1n) is 15.7. The van der Waals surface area contributed by atoms with Crippen LogP contribution in [0.25, 0.3) is 11.1 Å². The number of rotatable bonds is 8. The molecule has 0 bridgehead atoms. The number of nitriles is 1. The number of nitrogens with zero attached hydrogens (tertiary/aromatic N) is 3. The van der Waals surface area contributed by atoms with Crippen LogP contribution in [0.4, 0.5) is 0 Å². The first kappa shape index (κ1) is 33.2. The van der Waals surface area contributed by atoms with Crippen LogP contribution in [-0.4, -0.2) is 32.5 Å². The predicted octanol–water partition coefficient (Wildman–Crippen LogP) is 7.65. The van der Waals surface area contributed by atoms with Crippen molar-refractivity contribution in [3.8, 4) is 22.9 Å². The molecule has 0 saturated heterocycles. The van der Waals surface area contributed by atoms with E-state index in [1.807, 2.05) is 128 Å². The van der Waals surface area contributed by atoms with Crippen molar-refractivity contribution >= 4 is 6.29 Å². The van der Waals surface area contributed by atoms with Crippen molar-refractivity contribution in [3.05, 3.63) is 183 Å². The van der Waals surface area contributed by atoms with Crippen LogP contribution in [0.5, 0.6) is 5.75 Å². The lowest BCUT2D eigenvalue weighted by atomic mass is 9.95. The van der Waals surface area contributed by atoms with E-state index in [0.717, 1.165) is 51.1 Å². The molecule has 4 aromatic carbocycles. The Hall–Kier alpha value is -6.13. The van der Waals surface area contributed by atoms with Gasteiger partial charge in [0.2, 0.25) is 0 Å². The van der Waals surface area contributed by atoms with E-state index in [0.29, 0.717) is 25.1 Å². The molecule has 1 aliphatic rings. The van der Waals surface area contributed by atoms with Crippen molar-refractivity contribution in [2.24, 2.45) is 0 Å². The molecule has 6 rings (SSSR count). The van der Waals surface area contributed by atoms with E-state index in [1.54, 1.807) is 16.7 Å². The zero-order valence-electron chi connectivity index (χ0n) is 27.0. The third kappa shape index (κ3) is 7.98. The van der Waals surface area contributed by atoms with Gasteiger partial charge in [-0.3, -0.25) is 4.79 Å². The molecule has 2 N–H and O–H groups in total. The SMILES string of the molecule is CC1=CC(O)=C(Cc2ccc(-c3ccccc3C#N)cc2)CN1C(C=O)c1ccccc1.Cc1cc(O)cc(=O)n1Cc1ccccc1. The molecular formula is C41H37N3O4. The Balaban J connectivity index is 0.000000236. The van der Waals surface area contributed by atoms with Crippen LogP contribution in [-0.2, 0) is 17.8 Å². The van der Waals surface area contributed by atoms with Gasteiger partial charge in [-0.15, -0.1) is 0 Å². The number of aromatic nitrogens is 1. The smallest absolute Gasteiger partial charge is 0.254 e. The number of aromatic hydroxyl groups is 1. The average molecular weight is 636 g/mol. The first-order valence-corrected chi connectivity index (χ1v) is 15.7. The van der Waals surface area contributed by atoms with Gasteiger partial charge in [-0.25, -0.2) is 0 Å².